The summed E-state index contributed by atoms with van der Waals surface area (Å²) in [5.41, 5.74) is -0.439. The number of hydrogen-bond acceptors (Lipinski definition) is 5. The van der Waals surface area contributed by atoms with Crippen molar-refractivity contribution >= 4 is 42.5 Å². The molecule has 0 radical (unpaired) electrons. The van der Waals surface area contributed by atoms with Gasteiger partial charge in [0.1, 0.15) is 4.32 Å². The Hall–Kier alpha value is 0.0469. The summed E-state index contributed by atoms with van der Waals surface area (Å²) in [5.74, 6) is 0.701. The van der Waals surface area contributed by atoms with E-state index in [0.29, 0.717) is 10.7 Å². The lowest BCUT2D eigenvalue weighted by Gasteiger charge is -2.44. The molecule has 152 valence electrons. The van der Waals surface area contributed by atoms with E-state index < -0.39 is 20.0 Å². The molecule has 0 aromatic rings. The van der Waals surface area contributed by atoms with Gasteiger partial charge < -0.3 is 9.53 Å². The molecule has 1 aliphatic heterocycles. The summed E-state index contributed by atoms with van der Waals surface area (Å²) < 4.78 is 7.39. The molecule has 1 saturated heterocycles. The maximum atomic E-state index is 12.9. The zero-order valence-corrected chi connectivity index (χ0v) is 20.0. The molecule has 0 spiro atoms. The van der Waals surface area contributed by atoms with Crippen molar-refractivity contribution in [2.75, 3.05) is 5.75 Å². The van der Waals surface area contributed by atoms with Crippen LogP contribution in [0, 0.1) is 0 Å². The first-order valence-electron chi connectivity index (χ1n) is 10.0. The van der Waals surface area contributed by atoms with Crippen molar-refractivity contribution in [2.24, 2.45) is 0 Å². The molecular formula is C19H37NO3S2Si. The zero-order valence-electron chi connectivity index (χ0n) is 17.3. The van der Waals surface area contributed by atoms with Crippen molar-refractivity contribution in [3.8, 4) is 0 Å². The van der Waals surface area contributed by atoms with Gasteiger partial charge in [-0.05, 0) is 38.4 Å². The Kier molecular flexibility index (Phi) is 9.78. The third-order valence-corrected chi connectivity index (χ3v) is 12.0. The summed E-state index contributed by atoms with van der Waals surface area (Å²) in [5, 5.41) is 10.2. The Bertz CT molecular complexity index is 475. The molecule has 0 unspecified atom stereocenters. The standard InChI is InChI=1S/C19H37NO3S2Si/c1-7-11-12-15(21)13-17(22)20-16(14-25-18(20)24)19(5,6)23-26(8-2,9-3)10-4/h15-16,21H,7-14H2,1-6H3/t15-,16-/m0/s1. The molecule has 0 aliphatic carbocycles. The van der Waals surface area contributed by atoms with Crippen LogP contribution in [0.5, 0.6) is 0 Å². The quantitative estimate of drug-likeness (QED) is 0.379. The smallest absolute Gasteiger partial charge is 0.231 e. The second-order valence-corrected chi connectivity index (χ2v) is 14.2. The second-order valence-electron chi connectivity index (χ2n) is 7.81. The van der Waals surface area contributed by atoms with Crippen LogP contribution in [-0.4, -0.2) is 52.1 Å². The number of carbonyl (C=O) groups is 1. The predicted octanol–water partition coefficient (Wildman–Crippen LogP) is 4.96. The highest BCUT2D eigenvalue weighted by Crippen LogP contribution is 2.37. The van der Waals surface area contributed by atoms with E-state index in [-0.39, 0.29) is 18.4 Å². The zero-order chi connectivity index (χ0) is 20.0. The first kappa shape index (κ1) is 24.1. The minimum absolute atomic E-state index is 0.0672. The lowest BCUT2D eigenvalue weighted by atomic mass is 9.98. The Labute approximate surface area is 170 Å². The summed E-state index contributed by atoms with van der Waals surface area (Å²) in [6, 6.07) is 3.18. The van der Waals surface area contributed by atoms with Crippen LogP contribution in [0.2, 0.25) is 18.1 Å². The second kappa shape index (κ2) is 10.6. The van der Waals surface area contributed by atoms with Gasteiger partial charge in [-0.1, -0.05) is 64.5 Å². The number of hydrogen-bond donors (Lipinski definition) is 1. The van der Waals surface area contributed by atoms with Crippen LogP contribution in [0.1, 0.15) is 67.2 Å². The maximum Gasteiger partial charge on any atom is 0.231 e. The molecule has 7 heteroatoms. The molecule has 1 aliphatic rings. The Morgan fingerprint density at radius 1 is 1.35 bits per heavy atom. The highest BCUT2D eigenvalue weighted by Gasteiger charge is 2.47. The maximum absolute atomic E-state index is 12.9. The van der Waals surface area contributed by atoms with Gasteiger partial charge >= 0.3 is 0 Å². The number of amides is 1. The SMILES string of the molecule is CCCC[C@H](O)CC(=O)N1C(=S)SC[C@H]1C(C)(C)O[Si](CC)(CC)CC. The Morgan fingerprint density at radius 2 is 1.92 bits per heavy atom. The third-order valence-electron chi connectivity index (χ3n) is 5.66. The number of carbonyl (C=O) groups excluding carboxylic acids is 1. The van der Waals surface area contributed by atoms with Crippen molar-refractivity contribution in [3.05, 3.63) is 0 Å². The van der Waals surface area contributed by atoms with Crippen molar-refractivity contribution < 1.29 is 14.3 Å². The first-order chi connectivity index (χ1) is 12.2. The molecule has 0 aromatic heterocycles. The fourth-order valence-corrected chi connectivity index (χ4v) is 8.48. The number of thioether (sulfide) groups is 1. The van der Waals surface area contributed by atoms with Gasteiger partial charge in [-0.3, -0.25) is 9.69 Å². The third kappa shape index (κ3) is 6.02. The van der Waals surface area contributed by atoms with Crippen LogP contribution in [0.3, 0.4) is 0 Å². The van der Waals surface area contributed by atoms with Gasteiger partial charge in [0.05, 0.1) is 24.2 Å². The van der Waals surface area contributed by atoms with E-state index in [1.807, 2.05) is 0 Å². The highest BCUT2D eigenvalue weighted by atomic mass is 32.2. The largest absolute Gasteiger partial charge is 0.410 e. The van der Waals surface area contributed by atoms with Crippen molar-refractivity contribution in [2.45, 2.75) is 103 Å². The number of aliphatic hydroxyl groups is 1. The monoisotopic (exact) mass is 419 g/mol. The summed E-state index contributed by atoms with van der Waals surface area (Å²) in [7, 11) is -1.80. The van der Waals surface area contributed by atoms with Crippen LogP contribution in [0.4, 0.5) is 0 Å². The average Bonchev–Trinajstić information content (AvgIpc) is 3.00. The van der Waals surface area contributed by atoms with E-state index in [1.165, 1.54) is 0 Å². The van der Waals surface area contributed by atoms with Crippen LogP contribution in [0.15, 0.2) is 0 Å². The van der Waals surface area contributed by atoms with Gasteiger partial charge in [0.2, 0.25) is 5.91 Å². The molecule has 1 fully saturated rings. The minimum atomic E-state index is -1.80. The minimum Gasteiger partial charge on any atom is -0.410 e. The number of unbranched alkanes of at least 4 members (excludes halogenated alkanes) is 1. The molecule has 26 heavy (non-hydrogen) atoms. The van der Waals surface area contributed by atoms with Gasteiger partial charge in [-0.25, -0.2) is 0 Å². The molecule has 0 bridgehead atoms. The molecule has 0 saturated carbocycles. The van der Waals surface area contributed by atoms with Gasteiger partial charge in [-0.2, -0.15) is 0 Å². The topological polar surface area (TPSA) is 49.8 Å². The predicted molar refractivity (Wildman–Crippen MR) is 118 cm³/mol. The van der Waals surface area contributed by atoms with Crippen LogP contribution in [-0.2, 0) is 9.22 Å². The summed E-state index contributed by atoms with van der Waals surface area (Å²) >= 11 is 7.02. The van der Waals surface area contributed by atoms with E-state index in [4.69, 9.17) is 16.6 Å². The van der Waals surface area contributed by atoms with E-state index in [2.05, 4.69) is 41.5 Å². The molecule has 0 aromatic carbocycles. The fraction of sp³-hybridized carbons (Fsp3) is 0.895. The molecule has 1 heterocycles. The van der Waals surface area contributed by atoms with Crippen LogP contribution >= 0.6 is 24.0 Å². The molecule has 1 amide bonds. The summed E-state index contributed by atoms with van der Waals surface area (Å²) in [6.07, 6.45) is 2.17. The van der Waals surface area contributed by atoms with Crippen LogP contribution in [0.25, 0.3) is 0 Å². The Morgan fingerprint density at radius 3 is 2.42 bits per heavy atom. The van der Waals surface area contributed by atoms with E-state index >= 15 is 0 Å². The van der Waals surface area contributed by atoms with Crippen LogP contribution < -0.4 is 0 Å². The molecule has 4 nitrogen and oxygen atoms in total. The molecule has 1 N–H and O–H groups in total. The lowest BCUT2D eigenvalue weighted by molar-refractivity contribution is -0.133. The van der Waals surface area contributed by atoms with E-state index in [1.54, 1.807) is 16.7 Å². The molecule has 2 atom stereocenters. The summed E-state index contributed by atoms with van der Waals surface area (Å²) in [4.78, 5) is 14.6. The normalized spacial score (nSPS) is 19.9. The number of thiocarbonyl (C=S) groups is 1. The van der Waals surface area contributed by atoms with Crippen molar-refractivity contribution in [3.63, 3.8) is 0 Å². The first-order valence-corrected chi connectivity index (χ1v) is 14.0. The number of rotatable bonds is 11. The Balaban J connectivity index is 2.92. The number of aliphatic hydroxyl groups excluding tert-OH is 1. The highest BCUT2D eigenvalue weighted by molar-refractivity contribution is 8.23. The molecule has 1 rings (SSSR count). The van der Waals surface area contributed by atoms with Crippen molar-refractivity contribution in [1.82, 2.24) is 4.90 Å². The van der Waals surface area contributed by atoms with Gasteiger partial charge in [0.25, 0.3) is 0 Å². The van der Waals surface area contributed by atoms with E-state index in [9.17, 15) is 9.90 Å². The fourth-order valence-electron chi connectivity index (χ4n) is 3.64. The number of nitrogens with zero attached hydrogens (tertiary/aromatic N) is 1. The molecular weight excluding hydrogens is 382 g/mol. The lowest BCUT2D eigenvalue weighted by Crippen LogP contribution is -2.57. The summed E-state index contributed by atoms with van der Waals surface area (Å²) in [6.45, 7) is 12.9. The van der Waals surface area contributed by atoms with Gasteiger partial charge in [-0.15, -0.1) is 0 Å². The van der Waals surface area contributed by atoms with Crippen molar-refractivity contribution in [1.29, 1.82) is 0 Å². The average molecular weight is 420 g/mol. The van der Waals surface area contributed by atoms with Gasteiger partial charge in [0.15, 0.2) is 8.32 Å². The van der Waals surface area contributed by atoms with Gasteiger partial charge in [0, 0.05) is 5.75 Å². The van der Waals surface area contributed by atoms with E-state index in [0.717, 1.165) is 36.7 Å².